The zero-order valence-corrected chi connectivity index (χ0v) is 18.4. The first kappa shape index (κ1) is 21.8. The van der Waals surface area contributed by atoms with E-state index < -0.39 is 6.04 Å². The number of aryl methyl sites for hydroxylation is 1. The molecule has 0 spiro atoms. The highest BCUT2D eigenvalue weighted by molar-refractivity contribution is 6.31. The molecular weight excluding hydrogens is 431 g/mol. The van der Waals surface area contributed by atoms with Gasteiger partial charge in [-0.25, -0.2) is 4.39 Å². The van der Waals surface area contributed by atoms with Crippen molar-refractivity contribution in [3.05, 3.63) is 93.8 Å². The van der Waals surface area contributed by atoms with Crippen LogP contribution in [0.2, 0.25) is 5.02 Å². The standard InChI is InChI=1S/C25H22ClFN2O3/c1-15-11-21(23(32-2)12-20(15)26)28-24(30)13-22(16-7-9-18(27)10-8-16)29-14-17-5-3-4-6-19(17)25(29)31/h3-12,22H,13-14H2,1-2H3,(H,28,30)/t22-/m1/s1. The number of nitrogens with zero attached hydrogens (tertiary/aromatic N) is 1. The molecule has 2 amide bonds. The van der Waals surface area contributed by atoms with E-state index in [2.05, 4.69) is 5.32 Å². The Bertz CT molecular complexity index is 1180. The first-order chi connectivity index (χ1) is 15.4. The summed E-state index contributed by atoms with van der Waals surface area (Å²) in [4.78, 5) is 27.8. The van der Waals surface area contributed by atoms with E-state index >= 15 is 0 Å². The number of rotatable bonds is 6. The molecule has 0 radical (unpaired) electrons. The predicted molar refractivity (Wildman–Crippen MR) is 121 cm³/mol. The van der Waals surface area contributed by atoms with Crippen molar-refractivity contribution in [3.8, 4) is 5.75 Å². The van der Waals surface area contributed by atoms with E-state index in [1.54, 1.807) is 35.2 Å². The summed E-state index contributed by atoms with van der Waals surface area (Å²) in [5, 5.41) is 3.40. The third-order valence-corrected chi connectivity index (χ3v) is 6.02. The van der Waals surface area contributed by atoms with Crippen LogP contribution < -0.4 is 10.1 Å². The third kappa shape index (κ3) is 4.32. The molecule has 164 valence electrons. The number of amides is 2. The van der Waals surface area contributed by atoms with E-state index in [9.17, 15) is 14.0 Å². The van der Waals surface area contributed by atoms with Gasteiger partial charge in [-0.15, -0.1) is 0 Å². The van der Waals surface area contributed by atoms with Gasteiger partial charge >= 0.3 is 0 Å². The number of anilines is 1. The highest BCUT2D eigenvalue weighted by Gasteiger charge is 2.34. The van der Waals surface area contributed by atoms with Crippen LogP contribution in [0.15, 0.2) is 60.7 Å². The van der Waals surface area contributed by atoms with Gasteiger partial charge in [0.1, 0.15) is 11.6 Å². The van der Waals surface area contributed by atoms with Crippen molar-refractivity contribution in [2.24, 2.45) is 0 Å². The van der Waals surface area contributed by atoms with Crippen LogP contribution in [-0.4, -0.2) is 23.8 Å². The second kappa shape index (κ2) is 9.01. The summed E-state index contributed by atoms with van der Waals surface area (Å²) in [6, 6.07) is 16.1. The van der Waals surface area contributed by atoms with Crippen molar-refractivity contribution < 1.29 is 18.7 Å². The molecule has 1 heterocycles. The second-order valence-electron chi connectivity index (χ2n) is 7.71. The van der Waals surface area contributed by atoms with E-state index in [0.717, 1.165) is 11.1 Å². The topological polar surface area (TPSA) is 58.6 Å². The Hall–Kier alpha value is -3.38. The van der Waals surface area contributed by atoms with Crippen molar-refractivity contribution >= 4 is 29.1 Å². The van der Waals surface area contributed by atoms with Gasteiger partial charge in [-0.3, -0.25) is 9.59 Å². The Morgan fingerprint density at radius 2 is 1.91 bits per heavy atom. The van der Waals surface area contributed by atoms with Crippen molar-refractivity contribution in [2.45, 2.75) is 25.9 Å². The van der Waals surface area contributed by atoms with Crippen molar-refractivity contribution in [2.75, 3.05) is 12.4 Å². The average molecular weight is 453 g/mol. The molecule has 0 saturated carbocycles. The molecule has 4 rings (SSSR count). The highest BCUT2D eigenvalue weighted by Crippen LogP contribution is 2.35. The summed E-state index contributed by atoms with van der Waals surface area (Å²) in [5.74, 6) is -0.392. The summed E-state index contributed by atoms with van der Waals surface area (Å²) in [6.45, 7) is 2.21. The highest BCUT2D eigenvalue weighted by atomic mass is 35.5. The van der Waals surface area contributed by atoms with Crippen molar-refractivity contribution in [1.82, 2.24) is 4.90 Å². The van der Waals surface area contributed by atoms with Gasteiger partial charge in [0.25, 0.3) is 5.91 Å². The summed E-state index contributed by atoms with van der Waals surface area (Å²) >= 11 is 6.16. The molecule has 0 unspecified atom stereocenters. The molecule has 0 fully saturated rings. The van der Waals surface area contributed by atoms with Gasteiger partial charge in [-0.2, -0.15) is 0 Å². The van der Waals surface area contributed by atoms with Crippen LogP contribution in [0.3, 0.4) is 0 Å². The number of carbonyl (C=O) groups excluding carboxylic acids is 2. The van der Waals surface area contributed by atoms with Crippen molar-refractivity contribution in [3.63, 3.8) is 0 Å². The molecule has 0 bridgehead atoms. The number of ether oxygens (including phenoxy) is 1. The van der Waals surface area contributed by atoms with Gasteiger partial charge in [0.2, 0.25) is 5.91 Å². The average Bonchev–Trinajstić information content (AvgIpc) is 3.11. The fraction of sp³-hybridized carbons (Fsp3) is 0.200. The second-order valence-corrected chi connectivity index (χ2v) is 8.12. The van der Waals surface area contributed by atoms with E-state index in [0.29, 0.717) is 34.1 Å². The number of halogens is 2. The third-order valence-electron chi connectivity index (χ3n) is 5.61. The van der Waals surface area contributed by atoms with Crippen LogP contribution in [-0.2, 0) is 11.3 Å². The maximum atomic E-state index is 13.5. The lowest BCUT2D eigenvalue weighted by molar-refractivity contribution is -0.117. The number of hydrogen-bond donors (Lipinski definition) is 1. The maximum absolute atomic E-state index is 13.5. The Morgan fingerprint density at radius 3 is 2.59 bits per heavy atom. The van der Waals surface area contributed by atoms with Crippen LogP contribution in [0, 0.1) is 12.7 Å². The normalized spacial score (nSPS) is 13.6. The lowest BCUT2D eigenvalue weighted by atomic mass is 10.0. The quantitative estimate of drug-likeness (QED) is 0.535. The van der Waals surface area contributed by atoms with Gasteiger partial charge in [-0.1, -0.05) is 41.9 Å². The Morgan fingerprint density at radius 1 is 1.19 bits per heavy atom. The molecular formula is C25H22ClFN2O3. The number of nitrogens with one attached hydrogen (secondary N) is 1. The molecule has 1 atom stereocenters. The molecule has 3 aromatic rings. The Kier molecular flexibility index (Phi) is 6.15. The maximum Gasteiger partial charge on any atom is 0.255 e. The van der Waals surface area contributed by atoms with Gasteiger partial charge in [-0.05, 0) is 47.9 Å². The molecule has 1 aliphatic rings. The lowest BCUT2D eigenvalue weighted by Gasteiger charge is -2.28. The van der Waals surface area contributed by atoms with Crippen LogP contribution in [0.4, 0.5) is 10.1 Å². The summed E-state index contributed by atoms with van der Waals surface area (Å²) in [5.41, 5.74) is 3.49. The summed E-state index contributed by atoms with van der Waals surface area (Å²) in [7, 11) is 1.50. The molecule has 3 aromatic carbocycles. The van der Waals surface area contributed by atoms with Gasteiger partial charge in [0, 0.05) is 23.2 Å². The molecule has 32 heavy (non-hydrogen) atoms. The number of methoxy groups -OCH3 is 1. The summed E-state index contributed by atoms with van der Waals surface area (Å²) < 4.78 is 18.9. The molecule has 1 aliphatic heterocycles. The largest absolute Gasteiger partial charge is 0.495 e. The number of benzene rings is 3. The monoisotopic (exact) mass is 452 g/mol. The minimum atomic E-state index is -0.560. The van der Waals surface area contributed by atoms with Gasteiger partial charge in [0.05, 0.1) is 25.3 Å². The Labute approximate surface area is 190 Å². The fourth-order valence-corrected chi connectivity index (χ4v) is 4.08. The molecule has 0 saturated heterocycles. The molecule has 0 aromatic heterocycles. The molecule has 5 nitrogen and oxygen atoms in total. The number of hydrogen-bond acceptors (Lipinski definition) is 3. The summed E-state index contributed by atoms with van der Waals surface area (Å²) in [6.07, 6.45) is -0.00378. The first-order valence-corrected chi connectivity index (χ1v) is 10.5. The number of fused-ring (bicyclic) bond motifs is 1. The van der Waals surface area contributed by atoms with Gasteiger partial charge < -0.3 is 15.0 Å². The number of carbonyl (C=O) groups is 2. The van der Waals surface area contributed by atoms with E-state index in [-0.39, 0.29) is 24.1 Å². The SMILES string of the molecule is COc1cc(Cl)c(C)cc1NC(=O)C[C@H](c1ccc(F)cc1)N1Cc2ccccc2C1=O. The van der Waals surface area contributed by atoms with E-state index in [4.69, 9.17) is 16.3 Å². The van der Waals surface area contributed by atoms with Crippen molar-refractivity contribution in [1.29, 1.82) is 0 Å². The zero-order valence-electron chi connectivity index (χ0n) is 17.7. The first-order valence-electron chi connectivity index (χ1n) is 10.2. The minimum Gasteiger partial charge on any atom is -0.495 e. The van der Waals surface area contributed by atoms with E-state index in [1.807, 2.05) is 25.1 Å². The molecule has 1 N–H and O–H groups in total. The minimum absolute atomic E-state index is 0.00378. The lowest BCUT2D eigenvalue weighted by Crippen LogP contribution is -2.32. The van der Waals surface area contributed by atoms with Crippen LogP contribution in [0.5, 0.6) is 5.75 Å². The van der Waals surface area contributed by atoms with Gasteiger partial charge in [0.15, 0.2) is 0 Å². The zero-order chi connectivity index (χ0) is 22.8. The predicted octanol–water partition coefficient (Wildman–Crippen LogP) is 5.52. The fourth-order valence-electron chi connectivity index (χ4n) is 3.93. The van der Waals surface area contributed by atoms with Crippen LogP contribution in [0.1, 0.15) is 39.5 Å². The Balaban J connectivity index is 1.62. The molecule has 7 heteroatoms. The smallest absolute Gasteiger partial charge is 0.255 e. The van der Waals surface area contributed by atoms with Crippen LogP contribution in [0.25, 0.3) is 0 Å². The van der Waals surface area contributed by atoms with Crippen LogP contribution >= 0.6 is 11.6 Å². The molecule has 0 aliphatic carbocycles. The van der Waals surface area contributed by atoms with E-state index in [1.165, 1.54) is 19.2 Å².